The molecule has 0 saturated carbocycles. The molecule has 3 N–H and O–H groups in total. The van der Waals surface area contributed by atoms with Gasteiger partial charge in [-0.25, -0.2) is 0 Å². The van der Waals surface area contributed by atoms with Crippen molar-refractivity contribution < 1.29 is 19.1 Å². The highest BCUT2D eigenvalue weighted by atomic mass is 79.9. The normalized spacial score (nSPS) is 11.2. The molecule has 0 spiro atoms. The molecule has 1 unspecified atom stereocenters. The molecule has 1 atom stereocenters. The Morgan fingerprint density at radius 3 is 2.63 bits per heavy atom. The van der Waals surface area contributed by atoms with Crippen molar-refractivity contribution in [2.45, 2.75) is 33.3 Å². The predicted octanol–water partition coefficient (Wildman–Crippen LogP) is 3.65. The Labute approximate surface area is 189 Å². The highest BCUT2D eigenvalue weighted by molar-refractivity contribution is 9.10. The van der Waals surface area contributed by atoms with E-state index in [1.54, 1.807) is 30.3 Å². The molecule has 0 aliphatic rings. The first-order valence-corrected chi connectivity index (χ1v) is 10.5. The van der Waals surface area contributed by atoms with Gasteiger partial charge in [0.05, 0.1) is 10.6 Å². The van der Waals surface area contributed by atoms with Crippen LogP contribution in [0.5, 0.6) is 11.5 Å². The smallest absolute Gasteiger partial charge is 0.276 e. The van der Waals surface area contributed by atoms with Crippen molar-refractivity contribution in [3.05, 3.63) is 58.1 Å². The molecule has 2 rings (SSSR count). The standard InChI is InChI=1S/C21H24BrN3O4S/c1-4-14(3)29-16-7-5-6-15(11-16)20(27)23-21(30)25-24-19(26)12-28-18-9-8-13(2)10-17(18)22/h5-11,14H,4,12H2,1-3H3,(H,24,26)(H2,23,25,27,30). The Hall–Kier alpha value is -2.65. The molecule has 2 aromatic rings. The first-order valence-electron chi connectivity index (χ1n) is 9.34. The third-order valence-electron chi connectivity index (χ3n) is 4.00. The van der Waals surface area contributed by atoms with Crippen LogP contribution in [0, 0.1) is 6.92 Å². The van der Waals surface area contributed by atoms with Gasteiger partial charge in [-0.1, -0.05) is 19.1 Å². The van der Waals surface area contributed by atoms with Crippen LogP contribution >= 0.6 is 28.1 Å². The predicted molar refractivity (Wildman–Crippen MR) is 123 cm³/mol. The quantitative estimate of drug-likeness (QED) is 0.403. The third kappa shape index (κ3) is 7.64. The summed E-state index contributed by atoms with van der Waals surface area (Å²) in [5.41, 5.74) is 6.31. The SMILES string of the molecule is CCC(C)Oc1cccc(C(=O)NC(=S)NNC(=O)COc2ccc(C)cc2Br)c1. The van der Waals surface area contributed by atoms with Gasteiger partial charge in [0.1, 0.15) is 11.5 Å². The van der Waals surface area contributed by atoms with E-state index in [2.05, 4.69) is 32.1 Å². The molecular formula is C21H24BrN3O4S. The monoisotopic (exact) mass is 493 g/mol. The average molecular weight is 494 g/mol. The summed E-state index contributed by atoms with van der Waals surface area (Å²) in [5, 5.41) is 2.45. The zero-order valence-corrected chi connectivity index (χ0v) is 19.4. The first kappa shape index (κ1) is 23.6. The fourth-order valence-corrected chi connectivity index (χ4v) is 3.01. The van der Waals surface area contributed by atoms with Gasteiger partial charge in [-0.2, -0.15) is 0 Å². The topological polar surface area (TPSA) is 88.7 Å². The van der Waals surface area contributed by atoms with Gasteiger partial charge in [0.25, 0.3) is 11.8 Å². The lowest BCUT2D eigenvalue weighted by Crippen LogP contribution is -2.49. The van der Waals surface area contributed by atoms with Gasteiger partial charge < -0.3 is 9.47 Å². The van der Waals surface area contributed by atoms with E-state index in [4.69, 9.17) is 21.7 Å². The molecule has 0 fully saturated rings. The number of hydrogen-bond donors (Lipinski definition) is 3. The van der Waals surface area contributed by atoms with Gasteiger partial charge in [0.2, 0.25) is 0 Å². The molecular weight excluding hydrogens is 470 g/mol. The lowest BCUT2D eigenvalue weighted by atomic mass is 10.2. The molecule has 30 heavy (non-hydrogen) atoms. The molecule has 2 aromatic carbocycles. The summed E-state index contributed by atoms with van der Waals surface area (Å²) in [7, 11) is 0. The number of aryl methyl sites for hydroxylation is 1. The van der Waals surface area contributed by atoms with Crippen molar-refractivity contribution in [1.29, 1.82) is 0 Å². The summed E-state index contributed by atoms with van der Waals surface area (Å²) in [6.07, 6.45) is 0.901. The van der Waals surface area contributed by atoms with Crippen LogP contribution in [-0.4, -0.2) is 29.6 Å². The average Bonchev–Trinajstić information content (AvgIpc) is 2.71. The zero-order valence-electron chi connectivity index (χ0n) is 17.0. The lowest BCUT2D eigenvalue weighted by molar-refractivity contribution is -0.123. The summed E-state index contributed by atoms with van der Waals surface area (Å²) < 4.78 is 11.9. The maximum atomic E-state index is 12.3. The minimum absolute atomic E-state index is 0.0434. The number of hydrazine groups is 1. The number of benzene rings is 2. The summed E-state index contributed by atoms with van der Waals surface area (Å²) in [5.74, 6) is 0.272. The summed E-state index contributed by atoms with van der Waals surface area (Å²) >= 11 is 8.43. The van der Waals surface area contributed by atoms with Crippen LogP contribution in [0.1, 0.15) is 36.2 Å². The van der Waals surface area contributed by atoms with E-state index in [9.17, 15) is 9.59 Å². The Morgan fingerprint density at radius 2 is 1.93 bits per heavy atom. The fraction of sp³-hybridized carbons (Fsp3) is 0.286. The molecule has 160 valence electrons. The van der Waals surface area contributed by atoms with Gasteiger partial charge in [0.15, 0.2) is 11.7 Å². The zero-order chi connectivity index (χ0) is 22.1. The highest BCUT2D eigenvalue weighted by Crippen LogP contribution is 2.25. The van der Waals surface area contributed by atoms with Crippen molar-refractivity contribution in [1.82, 2.24) is 16.2 Å². The van der Waals surface area contributed by atoms with Crippen molar-refractivity contribution >= 4 is 45.1 Å². The van der Waals surface area contributed by atoms with E-state index in [-0.39, 0.29) is 17.8 Å². The van der Waals surface area contributed by atoms with E-state index >= 15 is 0 Å². The van der Waals surface area contributed by atoms with E-state index in [1.165, 1.54) is 0 Å². The van der Waals surface area contributed by atoms with Crippen LogP contribution in [0.15, 0.2) is 46.9 Å². The van der Waals surface area contributed by atoms with Crippen molar-refractivity contribution in [3.8, 4) is 11.5 Å². The molecule has 0 heterocycles. The van der Waals surface area contributed by atoms with E-state index in [0.29, 0.717) is 17.1 Å². The van der Waals surface area contributed by atoms with E-state index < -0.39 is 11.8 Å². The molecule has 0 aliphatic heterocycles. The molecule has 0 bridgehead atoms. The van der Waals surface area contributed by atoms with Gasteiger partial charge in [-0.15, -0.1) is 0 Å². The van der Waals surface area contributed by atoms with E-state index in [0.717, 1.165) is 16.5 Å². The molecule has 0 saturated heterocycles. The summed E-state index contributed by atoms with van der Waals surface area (Å²) in [4.78, 5) is 24.3. The van der Waals surface area contributed by atoms with Crippen molar-refractivity contribution in [2.75, 3.05) is 6.61 Å². The van der Waals surface area contributed by atoms with E-state index in [1.807, 2.05) is 32.9 Å². The lowest BCUT2D eigenvalue weighted by Gasteiger charge is -2.14. The molecule has 2 amide bonds. The van der Waals surface area contributed by atoms with Crippen LogP contribution in [0.25, 0.3) is 0 Å². The molecule has 7 nitrogen and oxygen atoms in total. The Bertz CT molecular complexity index is 923. The van der Waals surface area contributed by atoms with Crippen LogP contribution < -0.4 is 25.6 Å². The largest absolute Gasteiger partial charge is 0.491 e. The van der Waals surface area contributed by atoms with Gasteiger partial charge in [0, 0.05) is 5.56 Å². The second kappa shape index (κ2) is 11.5. The summed E-state index contributed by atoms with van der Waals surface area (Å²) in [6, 6.07) is 12.3. The highest BCUT2D eigenvalue weighted by Gasteiger charge is 2.11. The minimum atomic E-state index is -0.456. The number of carbonyl (C=O) groups excluding carboxylic acids is 2. The molecule has 0 radical (unpaired) electrons. The molecule has 0 aromatic heterocycles. The Balaban J connectivity index is 1.79. The number of hydrogen-bond acceptors (Lipinski definition) is 5. The Kier molecular flexibility index (Phi) is 9.07. The van der Waals surface area contributed by atoms with Gasteiger partial charge in [-0.05, 0) is 84.3 Å². The van der Waals surface area contributed by atoms with Gasteiger partial charge in [-0.3, -0.25) is 25.8 Å². The second-order valence-electron chi connectivity index (χ2n) is 6.54. The molecule has 0 aliphatic carbocycles. The number of rotatable bonds is 7. The fourth-order valence-electron chi connectivity index (χ4n) is 2.26. The number of amides is 2. The van der Waals surface area contributed by atoms with Crippen LogP contribution in [0.2, 0.25) is 0 Å². The number of carbonyl (C=O) groups is 2. The first-order chi connectivity index (χ1) is 14.3. The van der Waals surface area contributed by atoms with Crippen LogP contribution in [0.3, 0.4) is 0 Å². The van der Waals surface area contributed by atoms with Crippen LogP contribution in [0.4, 0.5) is 0 Å². The maximum Gasteiger partial charge on any atom is 0.276 e. The van der Waals surface area contributed by atoms with Crippen LogP contribution in [-0.2, 0) is 4.79 Å². The number of thiocarbonyl (C=S) groups is 1. The van der Waals surface area contributed by atoms with Crippen molar-refractivity contribution in [3.63, 3.8) is 0 Å². The molecule has 9 heteroatoms. The minimum Gasteiger partial charge on any atom is -0.491 e. The maximum absolute atomic E-state index is 12.3. The Morgan fingerprint density at radius 1 is 1.17 bits per heavy atom. The number of nitrogens with one attached hydrogen (secondary N) is 3. The number of ether oxygens (including phenoxy) is 2. The second-order valence-corrected chi connectivity index (χ2v) is 7.81. The van der Waals surface area contributed by atoms with Crippen molar-refractivity contribution in [2.24, 2.45) is 0 Å². The third-order valence-corrected chi connectivity index (χ3v) is 4.82. The van der Waals surface area contributed by atoms with Gasteiger partial charge >= 0.3 is 0 Å². The number of halogens is 1. The summed E-state index contributed by atoms with van der Waals surface area (Å²) in [6.45, 7) is 5.70.